The number of imide groups is 1. The van der Waals surface area contributed by atoms with Gasteiger partial charge in [0.1, 0.15) is 17.9 Å². The predicted molar refractivity (Wildman–Crippen MR) is 107 cm³/mol. The lowest BCUT2D eigenvalue weighted by atomic mass is 9.87. The zero-order valence-electron chi connectivity index (χ0n) is 16.0. The van der Waals surface area contributed by atoms with E-state index in [0.717, 1.165) is 10.5 Å². The van der Waals surface area contributed by atoms with Gasteiger partial charge in [0, 0.05) is 5.02 Å². The van der Waals surface area contributed by atoms with Gasteiger partial charge < -0.3 is 10.6 Å². The number of carbonyl (C=O) groups excluding carboxylic acids is 3. The maximum Gasteiger partial charge on any atom is 0.325 e. The molecule has 0 aliphatic carbocycles. The van der Waals surface area contributed by atoms with Gasteiger partial charge >= 0.3 is 6.03 Å². The first kappa shape index (κ1) is 20.8. The molecule has 2 aromatic carbocycles. The minimum absolute atomic E-state index is 0.266. The number of nitrogens with one attached hydrogen (secondary N) is 2. The fourth-order valence-corrected chi connectivity index (χ4v) is 3.54. The first-order valence-corrected chi connectivity index (χ1v) is 9.59. The van der Waals surface area contributed by atoms with Gasteiger partial charge in [-0.1, -0.05) is 42.8 Å². The fraction of sp³-hybridized carbons (Fsp3) is 0.286. The molecule has 0 saturated carbocycles. The van der Waals surface area contributed by atoms with Gasteiger partial charge in [0.2, 0.25) is 5.91 Å². The van der Waals surface area contributed by atoms with Crippen molar-refractivity contribution in [3.63, 3.8) is 0 Å². The summed E-state index contributed by atoms with van der Waals surface area (Å²) in [5.74, 6) is -1.45. The van der Waals surface area contributed by atoms with Crippen molar-refractivity contribution in [3.8, 4) is 0 Å². The van der Waals surface area contributed by atoms with E-state index in [4.69, 9.17) is 11.6 Å². The van der Waals surface area contributed by atoms with Gasteiger partial charge in [0.05, 0.1) is 6.04 Å². The van der Waals surface area contributed by atoms with E-state index >= 15 is 0 Å². The molecule has 1 heterocycles. The third kappa shape index (κ3) is 4.10. The lowest BCUT2D eigenvalue weighted by Crippen LogP contribution is -2.45. The van der Waals surface area contributed by atoms with E-state index in [-0.39, 0.29) is 12.5 Å². The Morgan fingerprint density at radius 3 is 2.38 bits per heavy atom. The van der Waals surface area contributed by atoms with Crippen LogP contribution in [0.25, 0.3) is 0 Å². The third-order valence-corrected chi connectivity index (χ3v) is 5.34. The largest absolute Gasteiger partial charge is 0.348 e. The minimum atomic E-state index is -1.31. The van der Waals surface area contributed by atoms with Crippen LogP contribution in [0, 0.1) is 5.82 Å². The molecular formula is C21H21ClFN3O3. The number of rotatable bonds is 6. The molecule has 1 aliphatic heterocycles. The smallest absolute Gasteiger partial charge is 0.325 e. The number of urea groups is 1. The van der Waals surface area contributed by atoms with Crippen LogP contribution in [0.1, 0.15) is 37.4 Å². The summed E-state index contributed by atoms with van der Waals surface area (Å²) in [7, 11) is 0. The Morgan fingerprint density at radius 1 is 1.17 bits per heavy atom. The fourth-order valence-electron chi connectivity index (χ4n) is 3.41. The van der Waals surface area contributed by atoms with Crippen molar-refractivity contribution in [2.75, 3.05) is 6.54 Å². The van der Waals surface area contributed by atoms with E-state index in [0.29, 0.717) is 10.6 Å². The summed E-state index contributed by atoms with van der Waals surface area (Å²) in [6.45, 7) is 3.13. The Balaban J connectivity index is 1.73. The lowest BCUT2D eigenvalue weighted by molar-refractivity contribution is -0.135. The summed E-state index contributed by atoms with van der Waals surface area (Å²) in [6.07, 6.45) is 0.266. The van der Waals surface area contributed by atoms with Crippen molar-refractivity contribution >= 4 is 29.4 Å². The Morgan fingerprint density at radius 2 is 1.79 bits per heavy atom. The van der Waals surface area contributed by atoms with Crippen molar-refractivity contribution < 1.29 is 18.8 Å². The first-order valence-electron chi connectivity index (χ1n) is 9.22. The van der Waals surface area contributed by atoms with Crippen LogP contribution in [-0.4, -0.2) is 29.3 Å². The molecule has 6 nitrogen and oxygen atoms in total. The SMILES string of the molecule is CC[C@]1(c2ccc(F)cc2)NC(=O)N(CC(=O)N[C@H](C)c2ccc(Cl)cc2)C1=O. The average Bonchev–Trinajstić information content (AvgIpc) is 2.94. The van der Waals surface area contributed by atoms with Crippen LogP contribution in [0.2, 0.25) is 5.02 Å². The molecule has 2 N–H and O–H groups in total. The molecule has 152 valence electrons. The van der Waals surface area contributed by atoms with E-state index in [1.807, 2.05) is 0 Å². The molecule has 4 amide bonds. The molecule has 0 spiro atoms. The molecule has 0 radical (unpaired) electrons. The summed E-state index contributed by atoms with van der Waals surface area (Å²) < 4.78 is 13.3. The van der Waals surface area contributed by atoms with E-state index in [1.165, 1.54) is 24.3 Å². The van der Waals surface area contributed by atoms with Gasteiger partial charge in [-0.15, -0.1) is 0 Å². The minimum Gasteiger partial charge on any atom is -0.348 e. The quantitative estimate of drug-likeness (QED) is 0.706. The number of benzene rings is 2. The summed E-state index contributed by atoms with van der Waals surface area (Å²) in [5, 5.41) is 6.03. The molecule has 1 saturated heterocycles. The van der Waals surface area contributed by atoms with Gasteiger partial charge in [0.15, 0.2) is 0 Å². The predicted octanol–water partition coefficient (Wildman–Crippen LogP) is 3.51. The number of halogens is 2. The van der Waals surface area contributed by atoms with Crippen LogP contribution in [-0.2, 0) is 15.1 Å². The number of hydrogen-bond acceptors (Lipinski definition) is 3. The normalized spacial score (nSPS) is 19.8. The first-order chi connectivity index (χ1) is 13.8. The molecule has 0 aromatic heterocycles. The van der Waals surface area contributed by atoms with Gasteiger partial charge in [-0.25, -0.2) is 9.18 Å². The van der Waals surface area contributed by atoms with Crippen molar-refractivity contribution in [1.29, 1.82) is 0 Å². The van der Waals surface area contributed by atoms with Gasteiger partial charge in [-0.05, 0) is 48.7 Å². The Kier molecular flexibility index (Phi) is 5.88. The maximum absolute atomic E-state index is 13.3. The molecule has 29 heavy (non-hydrogen) atoms. The van der Waals surface area contributed by atoms with Crippen LogP contribution in [0.3, 0.4) is 0 Å². The Labute approximate surface area is 173 Å². The second-order valence-corrected chi connectivity index (χ2v) is 7.36. The summed E-state index contributed by atoms with van der Waals surface area (Å²) in [4.78, 5) is 38.8. The molecule has 3 rings (SSSR count). The summed E-state index contributed by atoms with van der Waals surface area (Å²) in [5.41, 5.74) is -0.00120. The Hall–Kier alpha value is -2.93. The van der Waals surface area contributed by atoms with Crippen LogP contribution < -0.4 is 10.6 Å². The Bertz CT molecular complexity index is 933. The maximum atomic E-state index is 13.3. The number of hydrogen-bond donors (Lipinski definition) is 2. The van der Waals surface area contributed by atoms with Gasteiger partial charge in [-0.2, -0.15) is 0 Å². The molecule has 2 atom stereocenters. The van der Waals surface area contributed by atoms with Crippen LogP contribution >= 0.6 is 11.6 Å². The van der Waals surface area contributed by atoms with E-state index < -0.39 is 35.7 Å². The van der Waals surface area contributed by atoms with Crippen LogP contribution in [0.15, 0.2) is 48.5 Å². The number of nitrogens with zero attached hydrogens (tertiary/aromatic N) is 1. The highest BCUT2D eigenvalue weighted by Gasteiger charge is 2.51. The molecule has 8 heteroatoms. The highest BCUT2D eigenvalue weighted by molar-refractivity contribution is 6.30. The van der Waals surface area contributed by atoms with Gasteiger partial charge in [-0.3, -0.25) is 14.5 Å². The summed E-state index contributed by atoms with van der Waals surface area (Å²) in [6, 6.07) is 11.4. The topological polar surface area (TPSA) is 78.5 Å². The van der Waals surface area contributed by atoms with Crippen LogP contribution in [0.4, 0.5) is 9.18 Å². The molecule has 0 unspecified atom stereocenters. The van der Waals surface area contributed by atoms with Crippen molar-refractivity contribution in [2.24, 2.45) is 0 Å². The molecule has 1 aliphatic rings. The second kappa shape index (κ2) is 8.21. The second-order valence-electron chi connectivity index (χ2n) is 6.93. The van der Waals surface area contributed by atoms with Crippen molar-refractivity contribution in [1.82, 2.24) is 15.5 Å². The zero-order valence-corrected chi connectivity index (χ0v) is 16.8. The molecular weight excluding hydrogens is 397 g/mol. The molecule has 1 fully saturated rings. The molecule has 0 bridgehead atoms. The van der Waals surface area contributed by atoms with E-state index in [1.54, 1.807) is 38.1 Å². The number of amides is 4. The lowest BCUT2D eigenvalue weighted by Gasteiger charge is -2.25. The van der Waals surface area contributed by atoms with Gasteiger partial charge in [0.25, 0.3) is 5.91 Å². The third-order valence-electron chi connectivity index (χ3n) is 5.09. The highest BCUT2D eigenvalue weighted by Crippen LogP contribution is 2.32. The monoisotopic (exact) mass is 417 g/mol. The highest BCUT2D eigenvalue weighted by atomic mass is 35.5. The molecule has 2 aromatic rings. The van der Waals surface area contributed by atoms with Crippen molar-refractivity contribution in [2.45, 2.75) is 31.8 Å². The van der Waals surface area contributed by atoms with E-state index in [9.17, 15) is 18.8 Å². The number of carbonyl (C=O) groups is 3. The van der Waals surface area contributed by atoms with Crippen LogP contribution in [0.5, 0.6) is 0 Å². The average molecular weight is 418 g/mol. The van der Waals surface area contributed by atoms with E-state index in [2.05, 4.69) is 10.6 Å². The van der Waals surface area contributed by atoms with Crippen molar-refractivity contribution in [3.05, 3.63) is 70.5 Å². The summed E-state index contributed by atoms with van der Waals surface area (Å²) >= 11 is 5.87. The zero-order chi connectivity index (χ0) is 21.2. The standard InChI is InChI=1S/C21H21ClFN3O3/c1-3-21(15-6-10-17(23)11-7-15)19(28)26(20(29)25-21)12-18(27)24-13(2)14-4-8-16(22)9-5-14/h4-11,13H,3,12H2,1-2H3,(H,24,27)(H,25,29)/t13-,21-/m1/s1.